The molecule has 0 spiro atoms. The number of alkyl halides is 8. The molecule has 2 fully saturated rings. The Hall–Kier alpha value is -7.50. The Morgan fingerprint density at radius 1 is 0.833 bits per heavy atom. The molecule has 0 aliphatic carbocycles. The number of alkyl carbamates (subject to hydrolysis) is 2. The summed E-state index contributed by atoms with van der Waals surface area (Å²) < 4.78 is 127. The number of methoxy groups -OCH3 is 2. The number of hydrogen-bond donors (Lipinski definition) is 6. The number of ether oxygens (including phenoxy) is 3. The van der Waals surface area contributed by atoms with Crippen molar-refractivity contribution >= 4 is 41.6 Å². The third kappa shape index (κ3) is 14.5. The number of pyridine rings is 1. The van der Waals surface area contributed by atoms with E-state index in [4.69, 9.17) is 10.5 Å². The molecule has 3 aliphatic heterocycles. The summed E-state index contributed by atoms with van der Waals surface area (Å²) in [5.41, 5.74) is 5.27. The van der Waals surface area contributed by atoms with E-state index in [1.54, 1.807) is 30.5 Å². The molecule has 2 unspecified atom stereocenters. The summed E-state index contributed by atoms with van der Waals surface area (Å²) in [6.45, 7) is 0.513. The van der Waals surface area contributed by atoms with Crippen molar-refractivity contribution in [3.63, 3.8) is 0 Å². The van der Waals surface area contributed by atoms with Gasteiger partial charge in [-0.3, -0.25) is 15.0 Å². The minimum atomic E-state index is -5.11. The number of amides is 4. The predicted octanol–water partition coefficient (Wildman–Crippen LogP) is 5.76. The molecule has 3 aromatic rings. The Morgan fingerprint density at radius 2 is 1.40 bits per heavy atom. The van der Waals surface area contributed by atoms with Crippen LogP contribution in [0.4, 0.5) is 50.5 Å². The molecule has 26 heteroatoms. The van der Waals surface area contributed by atoms with Crippen molar-refractivity contribution in [3.8, 4) is 11.8 Å². The highest BCUT2D eigenvalue weighted by Gasteiger charge is 2.57. The topological polar surface area (TPSA) is 225 Å². The van der Waals surface area contributed by atoms with Gasteiger partial charge in [0.15, 0.2) is 0 Å². The number of rotatable bonds is 20. The van der Waals surface area contributed by atoms with Crippen molar-refractivity contribution < 1.29 is 73.6 Å². The first-order valence-corrected chi connectivity index (χ1v) is 24.2. The first kappa shape index (κ1) is 59.7. The lowest BCUT2D eigenvalue weighted by Gasteiger charge is -2.40. The molecule has 18 nitrogen and oxygen atoms in total. The Kier molecular flexibility index (Phi) is 19.1. The van der Waals surface area contributed by atoms with Gasteiger partial charge in [0.1, 0.15) is 17.9 Å². The molecule has 2 saturated heterocycles. The summed E-state index contributed by atoms with van der Waals surface area (Å²) in [5, 5.41) is 19.2. The smallest absolute Gasteiger partial charge is 0.407 e. The van der Waals surface area contributed by atoms with E-state index in [2.05, 4.69) is 58.0 Å². The average Bonchev–Trinajstić information content (AvgIpc) is 4.02. The second kappa shape index (κ2) is 24.9. The van der Waals surface area contributed by atoms with Crippen LogP contribution in [0.15, 0.2) is 89.9 Å². The quantitative estimate of drug-likeness (QED) is 0.0261. The number of hydrazine groups is 1. The van der Waals surface area contributed by atoms with Crippen LogP contribution in [-0.4, -0.2) is 146 Å². The second-order valence-electron chi connectivity index (χ2n) is 19.8. The van der Waals surface area contributed by atoms with E-state index in [0.29, 0.717) is 69.7 Å². The third-order valence-corrected chi connectivity index (χ3v) is 13.7. The van der Waals surface area contributed by atoms with Gasteiger partial charge >= 0.3 is 31.1 Å². The van der Waals surface area contributed by atoms with Crippen LogP contribution in [0, 0.1) is 22.7 Å². The highest BCUT2D eigenvalue weighted by molar-refractivity contribution is 6.09. The zero-order valence-electron chi connectivity index (χ0n) is 43.2. The number of hydrogen-bond acceptors (Lipinski definition) is 14. The van der Waals surface area contributed by atoms with Crippen molar-refractivity contribution in [3.05, 3.63) is 113 Å². The molecule has 7 N–H and O–H groups in total. The largest absolute Gasteiger partial charge is 0.453 e. The molecule has 2 bridgehead atoms. The first-order valence-electron chi connectivity index (χ1n) is 24.2. The van der Waals surface area contributed by atoms with Gasteiger partial charge in [-0.25, -0.2) is 24.6 Å². The van der Waals surface area contributed by atoms with Crippen molar-refractivity contribution in [1.29, 1.82) is 0 Å². The lowest BCUT2D eigenvalue weighted by molar-refractivity contribution is -0.221. The monoisotopic (exact) mass is 1100 g/mol. The molecule has 4 amide bonds. The Morgan fingerprint density at radius 3 is 1.88 bits per heavy atom. The van der Waals surface area contributed by atoms with Gasteiger partial charge in [-0.15, -0.1) is 0 Å². The number of aliphatic hydroxyl groups excluding tert-OH is 1. The summed E-state index contributed by atoms with van der Waals surface area (Å²) >= 11 is 0. The summed E-state index contributed by atoms with van der Waals surface area (Å²) in [6.07, 6.45) is -8.73. The van der Waals surface area contributed by atoms with Gasteiger partial charge in [0, 0.05) is 73.3 Å². The molecule has 422 valence electrons. The Labute approximate surface area is 444 Å². The molecule has 78 heavy (non-hydrogen) atoms. The van der Waals surface area contributed by atoms with E-state index in [9.17, 15) is 59.4 Å². The molecule has 0 saturated carbocycles. The van der Waals surface area contributed by atoms with Crippen LogP contribution in [0.5, 0.6) is 0 Å². The number of aromatic nitrogens is 1. The maximum Gasteiger partial charge on any atom is 0.407 e. The van der Waals surface area contributed by atoms with E-state index < -0.39 is 91.1 Å². The number of allylic oxidation sites excluding steroid dienone is 1. The minimum Gasteiger partial charge on any atom is -0.453 e. The maximum atomic E-state index is 14.5. The molecule has 3 aliphatic rings. The van der Waals surface area contributed by atoms with E-state index in [1.165, 1.54) is 30.0 Å². The number of carbonyl (C=O) groups excluding carboxylic acids is 4. The van der Waals surface area contributed by atoms with Gasteiger partial charge < -0.3 is 50.8 Å². The zero-order chi connectivity index (χ0) is 57.3. The molecule has 1 aromatic heterocycles. The van der Waals surface area contributed by atoms with Crippen LogP contribution >= 0.6 is 0 Å². The summed E-state index contributed by atoms with van der Waals surface area (Å²) in [7, 11) is 1.71. The average molecular weight is 1110 g/mol. The number of aliphatic imine (C=N–C) groups is 1. The lowest BCUT2D eigenvalue weighted by Crippen LogP contribution is -2.63. The van der Waals surface area contributed by atoms with Gasteiger partial charge in [-0.1, -0.05) is 48.2 Å². The van der Waals surface area contributed by atoms with Crippen molar-refractivity contribution in [2.45, 2.75) is 102 Å². The maximum absolute atomic E-state index is 14.5. The van der Waals surface area contributed by atoms with Crippen molar-refractivity contribution in [1.82, 2.24) is 36.3 Å². The summed E-state index contributed by atoms with van der Waals surface area (Å²) in [5.74, 6) is 3.97. The molecule has 6 rings (SSSR count). The number of halogens is 8. The molecule has 2 aromatic carbocycles. The fourth-order valence-electron chi connectivity index (χ4n) is 8.60. The highest BCUT2D eigenvalue weighted by Crippen LogP contribution is 2.42. The lowest BCUT2D eigenvalue weighted by atomic mass is 9.82. The fourth-order valence-corrected chi connectivity index (χ4v) is 8.60. The number of aliphatic hydroxyl groups is 1. The Balaban J connectivity index is 1.29. The summed E-state index contributed by atoms with van der Waals surface area (Å²) in [4.78, 5) is 65.0. The van der Waals surface area contributed by atoms with Crippen molar-refractivity contribution in [2.75, 3.05) is 45.4 Å². The molecule has 0 radical (unpaired) electrons. The number of benzene rings is 2. The zero-order valence-corrected chi connectivity index (χ0v) is 43.2. The molecular formula is C52H60F8N10O8. The van der Waals surface area contributed by atoms with Gasteiger partial charge in [0.25, 0.3) is 5.91 Å². The van der Waals surface area contributed by atoms with E-state index in [1.807, 2.05) is 22.8 Å². The minimum absolute atomic E-state index is 0.0676. The van der Waals surface area contributed by atoms with Gasteiger partial charge in [-0.05, 0) is 75.1 Å². The number of anilines is 1. The Bertz CT molecular complexity index is 2760. The van der Waals surface area contributed by atoms with Crippen LogP contribution < -0.4 is 32.0 Å². The van der Waals surface area contributed by atoms with Crippen LogP contribution in [0.1, 0.15) is 61.9 Å². The number of nitrogens with zero attached hydrogens (tertiary/aromatic N) is 5. The van der Waals surface area contributed by atoms with Gasteiger partial charge in [-0.2, -0.15) is 35.1 Å². The second-order valence-corrected chi connectivity index (χ2v) is 19.8. The van der Waals surface area contributed by atoms with Crippen LogP contribution in [-0.2, 0) is 36.8 Å². The number of nitrogens with one attached hydrogen (secondary N) is 4. The SMILES string of the molecule is COC(=O)NC(C(=O)N[C@@H](Cc1ccc(C#Cc2ccc(N3CC4CC3=CN4C3COC3)nc2)cc1)[C@@H](O)CN(Cc1ccc(C(C=NC(F)F)=CN)cc1)NC(=O)[C@@H](NC(=O)OC)C(C)(C)C(F)(F)F)C(C)(C)C(F)(F)F. The predicted molar refractivity (Wildman–Crippen MR) is 269 cm³/mol. The van der Waals surface area contributed by atoms with Gasteiger partial charge in [0.05, 0.1) is 62.5 Å². The molecule has 5 atom stereocenters. The number of fused-ring (bicyclic) bond motifs is 2. The highest BCUT2D eigenvalue weighted by atomic mass is 19.4. The van der Waals surface area contributed by atoms with E-state index in [0.717, 1.165) is 50.4 Å². The standard InChI is InChI=1S/C52H60F8N10O8/c1-49(2,51(55,56)57)42(65-47(74)76-5)44(72)64-39(19-31-10-7-30(8-11-31)9-12-32-15-18-41(62-22-32)70-26-36-20-37(70)25-69(36)38-28-78-29-38)40(71)27-68(24-33-13-16-34(17-14-33)35(21-61)23-63-46(53)54)67-45(73)43(66-48(75)77-6)50(3,4)52(58,59)60/h7-8,10-11,13-18,21-23,25,36,38-40,42-43,46,71H,19-20,24,26-29,61H2,1-6H3,(H,64,72)(H,65,74)(H,66,75)(H,67,73)/t36?,39-,40-,42?,43+/m0/s1. The van der Waals surface area contributed by atoms with Crippen molar-refractivity contribution in [2.24, 2.45) is 21.6 Å². The first-order chi connectivity index (χ1) is 36.6. The number of carbonyl (C=O) groups is 4. The van der Waals surface area contributed by atoms with Gasteiger partial charge in [0.2, 0.25) is 5.91 Å². The number of nitrogens with two attached hydrogens (primary N) is 1. The van der Waals surface area contributed by atoms with Crippen LogP contribution in [0.3, 0.4) is 0 Å². The normalized spacial score (nSPS) is 17.6. The van der Waals surface area contributed by atoms with E-state index in [-0.39, 0.29) is 23.1 Å². The van der Waals surface area contributed by atoms with E-state index >= 15 is 0 Å². The third-order valence-electron chi connectivity index (χ3n) is 13.7. The fraction of sp³-hybridized carbons (Fsp3) is 0.462. The van der Waals surface area contributed by atoms with Crippen LogP contribution in [0.25, 0.3) is 5.57 Å². The summed E-state index contributed by atoms with van der Waals surface area (Å²) in [6, 6.07) is 10.1. The molecule has 4 heterocycles. The van der Waals surface area contributed by atoms with Crippen LogP contribution in [0.2, 0.25) is 0 Å². The molecular weight excluding hydrogens is 1040 g/mol.